The molecule has 0 aliphatic heterocycles. The van der Waals surface area contributed by atoms with Gasteiger partial charge in [0.05, 0.1) is 23.3 Å². The molecule has 0 saturated heterocycles. The van der Waals surface area contributed by atoms with Crippen LogP contribution in [0.2, 0.25) is 5.02 Å². The molecule has 2 N–H and O–H groups in total. The van der Waals surface area contributed by atoms with Crippen LogP contribution in [0.15, 0.2) is 47.1 Å². The third kappa shape index (κ3) is 2.35. The van der Waals surface area contributed by atoms with Gasteiger partial charge in [-0.25, -0.2) is 0 Å². The number of aromatic amines is 1. The minimum Gasteiger partial charge on any atom is -0.467 e. The molecule has 0 fully saturated rings. The van der Waals surface area contributed by atoms with E-state index in [1.807, 2.05) is 18.2 Å². The summed E-state index contributed by atoms with van der Waals surface area (Å²) in [6.07, 6.45) is 1.57. The van der Waals surface area contributed by atoms with Crippen LogP contribution in [0.1, 0.15) is 16.2 Å². The normalized spacial score (nSPS) is 10.8. The lowest BCUT2D eigenvalue weighted by Gasteiger charge is -2.00. The van der Waals surface area contributed by atoms with Crippen LogP contribution >= 0.6 is 11.6 Å². The molecule has 0 unspecified atom stereocenters. The van der Waals surface area contributed by atoms with E-state index < -0.39 is 0 Å². The number of para-hydroxylation sites is 1. The van der Waals surface area contributed by atoms with Crippen LogP contribution in [0.5, 0.6) is 0 Å². The Bertz CT molecular complexity index is 716. The average molecular weight is 275 g/mol. The van der Waals surface area contributed by atoms with Crippen LogP contribution in [0.4, 0.5) is 0 Å². The fourth-order valence-corrected chi connectivity index (χ4v) is 2.15. The van der Waals surface area contributed by atoms with Gasteiger partial charge >= 0.3 is 0 Å². The first-order valence-electron chi connectivity index (χ1n) is 5.82. The molecule has 2 heterocycles. The summed E-state index contributed by atoms with van der Waals surface area (Å²) in [6.45, 7) is 0.356. The molecule has 0 bridgehead atoms. The number of amides is 1. The Labute approximate surface area is 114 Å². The molecule has 0 spiro atoms. The van der Waals surface area contributed by atoms with E-state index in [0.29, 0.717) is 23.0 Å². The molecule has 1 amide bonds. The van der Waals surface area contributed by atoms with Crippen LogP contribution in [0.25, 0.3) is 10.9 Å². The second-order valence-electron chi connectivity index (χ2n) is 4.15. The molecule has 0 aliphatic carbocycles. The number of benzene rings is 1. The van der Waals surface area contributed by atoms with E-state index in [-0.39, 0.29) is 5.91 Å². The minimum absolute atomic E-state index is 0.191. The summed E-state index contributed by atoms with van der Waals surface area (Å²) >= 11 is 6.06. The van der Waals surface area contributed by atoms with Gasteiger partial charge in [0.25, 0.3) is 5.91 Å². The maximum atomic E-state index is 12.0. The highest BCUT2D eigenvalue weighted by Gasteiger charge is 2.11. The van der Waals surface area contributed by atoms with E-state index in [4.69, 9.17) is 16.0 Å². The highest BCUT2D eigenvalue weighted by atomic mass is 35.5. The van der Waals surface area contributed by atoms with Crippen LogP contribution in [0.3, 0.4) is 0 Å². The number of carbonyl (C=O) groups is 1. The van der Waals surface area contributed by atoms with Gasteiger partial charge in [-0.1, -0.05) is 23.7 Å². The largest absolute Gasteiger partial charge is 0.467 e. The fraction of sp³-hybridized carbons (Fsp3) is 0.0714. The number of H-pyrrole nitrogens is 1. The molecule has 4 nitrogen and oxygen atoms in total. The predicted molar refractivity (Wildman–Crippen MR) is 73.2 cm³/mol. The van der Waals surface area contributed by atoms with Crippen molar-refractivity contribution in [3.63, 3.8) is 0 Å². The van der Waals surface area contributed by atoms with Crippen molar-refractivity contribution in [2.75, 3.05) is 0 Å². The standard InChI is InChI=1S/C14H11ClN2O2/c15-11-5-1-3-9-7-12(17-13(9)11)14(18)16-8-10-4-2-6-19-10/h1-7,17H,8H2,(H,16,18). The molecule has 0 aliphatic rings. The van der Waals surface area contributed by atoms with Crippen molar-refractivity contribution in [1.29, 1.82) is 0 Å². The second kappa shape index (κ2) is 4.82. The Morgan fingerprint density at radius 1 is 1.32 bits per heavy atom. The summed E-state index contributed by atoms with van der Waals surface area (Å²) < 4.78 is 5.15. The Balaban J connectivity index is 1.80. The number of rotatable bonds is 3. The lowest BCUT2D eigenvalue weighted by atomic mass is 10.2. The van der Waals surface area contributed by atoms with Crippen LogP contribution in [0, 0.1) is 0 Å². The van der Waals surface area contributed by atoms with Crippen molar-refractivity contribution >= 4 is 28.4 Å². The third-order valence-electron chi connectivity index (χ3n) is 2.85. The van der Waals surface area contributed by atoms with E-state index in [9.17, 15) is 4.79 Å². The van der Waals surface area contributed by atoms with Gasteiger partial charge in [0.2, 0.25) is 0 Å². The molecule has 1 aromatic carbocycles. The van der Waals surface area contributed by atoms with Gasteiger partial charge in [0, 0.05) is 5.39 Å². The smallest absolute Gasteiger partial charge is 0.268 e. The lowest BCUT2D eigenvalue weighted by Crippen LogP contribution is -2.22. The Kier molecular flexibility index (Phi) is 3.01. The lowest BCUT2D eigenvalue weighted by molar-refractivity contribution is 0.0944. The molecule has 3 aromatic rings. The Hall–Kier alpha value is -2.20. The summed E-state index contributed by atoms with van der Waals surface area (Å²) in [5, 5.41) is 4.29. The highest BCUT2D eigenvalue weighted by Crippen LogP contribution is 2.23. The zero-order valence-electron chi connectivity index (χ0n) is 9.94. The van der Waals surface area contributed by atoms with Gasteiger partial charge in [-0.2, -0.15) is 0 Å². The van der Waals surface area contributed by atoms with E-state index >= 15 is 0 Å². The first-order valence-corrected chi connectivity index (χ1v) is 6.19. The number of furan rings is 1. The van der Waals surface area contributed by atoms with Crippen LogP contribution in [-0.2, 0) is 6.54 Å². The zero-order valence-corrected chi connectivity index (χ0v) is 10.7. The van der Waals surface area contributed by atoms with Crippen molar-refractivity contribution in [3.8, 4) is 0 Å². The second-order valence-corrected chi connectivity index (χ2v) is 4.56. The summed E-state index contributed by atoms with van der Waals surface area (Å²) in [7, 11) is 0. The summed E-state index contributed by atoms with van der Waals surface area (Å²) in [6, 6.07) is 10.9. The topological polar surface area (TPSA) is 58.0 Å². The molecule has 19 heavy (non-hydrogen) atoms. The summed E-state index contributed by atoms with van der Waals surface area (Å²) in [5.74, 6) is 0.520. The van der Waals surface area contributed by atoms with E-state index in [1.54, 1.807) is 24.5 Å². The van der Waals surface area contributed by atoms with Gasteiger partial charge in [0.1, 0.15) is 11.5 Å². The highest BCUT2D eigenvalue weighted by molar-refractivity contribution is 6.35. The molecule has 0 saturated carbocycles. The molecule has 0 atom stereocenters. The van der Waals surface area contributed by atoms with E-state index in [1.165, 1.54) is 0 Å². The van der Waals surface area contributed by atoms with Gasteiger partial charge in [-0.05, 0) is 24.3 Å². The third-order valence-corrected chi connectivity index (χ3v) is 3.17. The molecule has 0 radical (unpaired) electrons. The number of aromatic nitrogens is 1. The van der Waals surface area contributed by atoms with E-state index in [0.717, 1.165) is 10.9 Å². The fourth-order valence-electron chi connectivity index (χ4n) is 1.92. The molecular weight excluding hydrogens is 264 g/mol. The van der Waals surface area contributed by atoms with Gasteiger partial charge in [-0.3, -0.25) is 4.79 Å². The van der Waals surface area contributed by atoms with Gasteiger partial charge in [-0.15, -0.1) is 0 Å². The monoisotopic (exact) mass is 274 g/mol. The van der Waals surface area contributed by atoms with E-state index in [2.05, 4.69) is 10.3 Å². The molecule has 2 aromatic heterocycles. The quantitative estimate of drug-likeness (QED) is 0.769. The Morgan fingerprint density at radius 3 is 2.95 bits per heavy atom. The first-order chi connectivity index (χ1) is 9.24. The van der Waals surface area contributed by atoms with Crippen LogP contribution in [-0.4, -0.2) is 10.9 Å². The number of fused-ring (bicyclic) bond motifs is 1. The maximum absolute atomic E-state index is 12.0. The zero-order chi connectivity index (χ0) is 13.2. The SMILES string of the molecule is O=C(NCc1ccco1)c1cc2cccc(Cl)c2[nH]1. The van der Waals surface area contributed by atoms with Crippen molar-refractivity contribution in [2.24, 2.45) is 0 Å². The van der Waals surface area contributed by atoms with Crippen LogP contribution < -0.4 is 5.32 Å². The predicted octanol–water partition coefficient (Wildman–Crippen LogP) is 3.34. The number of halogens is 1. The average Bonchev–Trinajstić information content (AvgIpc) is 3.05. The van der Waals surface area contributed by atoms with Crippen molar-refractivity contribution in [1.82, 2.24) is 10.3 Å². The summed E-state index contributed by atoms with van der Waals surface area (Å²) in [5.41, 5.74) is 1.25. The van der Waals surface area contributed by atoms with Gasteiger partial charge < -0.3 is 14.7 Å². The van der Waals surface area contributed by atoms with Crippen molar-refractivity contribution in [3.05, 3.63) is 59.1 Å². The molecular formula is C14H11ClN2O2. The summed E-state index contributed by atoms with van der Waals surface area (Å²) in [4.78, 5) is 15.0. The van der Waals surface area contributed by atoms with Crippen molar-refractivity contribution in [2.45, 2.75) is 6.54 Å². The number of carbonyl (C=O) groups excluding carboxylic acids is 1. The first kappa shape index (κ1) is 11.9. The molecule has 3 rings (SSSR count). The number of hydrogen-bond donors (Lipinski definition) is 2. The number of hydrogen-bond acceptors (Lipinski definition) is 2. The molecule has 5 heteroatoms. The number of nitrogens with one attached hydrogen (secondary N) is 2. The van der Waals surface area contributed by atoms with Crippen molar-refractivity contribution < 1.29 is 9.21 Å². The van der Waals surface area contributed by atoms with Gasteiger partial charge in [0.15, 0.2) is 0 Å². The Morgan fingerprint density at radius 2 is 2.21 bits per heavy atom. The molecule has 96 valence electrons. The maximum Gasteiger partial charge on any atom is 0.268 e. The minimum atomic E-state index is -0.191.